The topological polar surface area (TPSA) is 80.9 Å². The summed E-state index contributed by atoms with van der Waals surface area (Å²) in [6.45, 7) is 0. The van der Waals surface area contributed by atoms with Crippen molar-refractivity contribution in [3.63, 3.8) is 0 Å². The number of rotatable bonds is 1. The molecule has 0 amide bonds. The van der Waals surface area contributed by atoms with Crippen LogP contribution in [0, 0.1) is 0 Å². The molecule has 1 aromatic rings. The van der Waals surface area contributed by atoms with E-state index in [0.717, 1.165) is 0 Å². The molecule has 0 heterocycles. The Morgan fingerprint density at radius 3 is 2.12 bits per heavy atom. The highest BCUT2D eigenvalue weighted by atomic mass is 16.5. The Morgan fingerprint density at radius 2 is 1.56 bits per heavy atom. The minimum absolute atomic E-state index is 0.0138. The minimum atomic E-state index is -2.21. The molecule has 86 valence electrons. The lowest BCUT2D eigenvalue weighted by Crippen LogP contribution is -2.45. The molecule has 0 saturated heterocycles. The van der Waals surface area contributed by atoms with Crippen LogP contribution in [0.25, 0.3) is 5.57 Å². The van der Waals surface area contributed by atoms with Crippen molar-refractivity contribution in [1.82, 2.24) is 0 Å². The largest absolute Gasteiger partial charge is 0.365 e. The Bertz CT molecular complexity index is 406. The number of benzene rings is 1. The van der Waals surface area contributed by atoms with Gasteiger partial charge in [0.05, 0.1) is 6.42 Å². The van der Waals surface area contributed by atoms with E-state index >= 15 is 0 Å². The van der Waals surface area contributed by atoms with E-state index in [4.69, 9.17) is 0 Å². The second-order valence-corrected chi connectivity index (χ2v) is 4.16. The van der Waals surface area contributed by atoms with Crippen molar-refractivity contribution >= 4 is 5.57 Å². The van der Waals surface area contributed by atoms with Crippen LogP contribution in [-0.2, 0) is 0 Å². The van der Waals surface area contributed by atoms with Crippen molar-refractivity contribution in [2.24, 2.45) is 0 Å². The normalized spacial score (nSPS) is 22.6. The first kappa shape index (κ1) is 11.3. The van der Waals surface area contributed by atoms with Crippen molar-refractivity contribution < 1.29 is 20.4 Å². The van der Waals surface area contributed by atoms with Crippen LogP contribution in [-0.4, -0.2) is 32.0 Å². The zero-order valence-corrected chi connectivity index (χ0v) is 8.67. The molecule has 0 aromatic heterocycles. The van der Waals surface area contributed by atoms with Gasteiger partial charge in [-0.3, -0.25) is 0 Å². The van der Waals surface area contributed by atoms with Crippen molar-refractivity contribution in [2.75, 3.05) is 0 Å². The van der Waals surface area contributed by atoms with Crippen LogP contribution < -0.4 is 0 Å². The summed E-state index contributed by atoms with van der Waals surface area (Å²) in [6.07, 6.45) is 0.916. The molecule has 4 N–H and O–H groups in total. The third kappa shape index (κ3) is 2.15. The number of aliphatic hydroxyl groups is 4. The van der Waals surface area contributed by atoms with Crippen LogP contribution >= 0.6 is 0 Å². The summed E-state index contributed by atoms with van der Waals surface area (Å²) in [7, 11) is 0. The maximum absolute atomic E-state index is 9.79. The lowest BCUT2D eigenvalue weighted by atomic mass is 9.85. The third-order valence-electron chi connectivity index (χ3n) is 2.68. The Labute approximate surface area is 93.1 Å². The van der Waals surface area contributed by atoms with Crippen LogP contribution in [0.3, 0.4) is 0 Å². The molecule has 0 atom stereocenters. The predicted octanol–water partition coefficient (Wildman–Crippen LogP) is 0.226. The minimum Gasteiger partial charge on any atom is -0.365 e. The quantitative estimate of drug-likeness (QED) is 0.513. The second kappa shape index (κ2) is 3.68. The standard InChI is InChI=1S/C12H14O4/c13-11(14)7-6-10(12(15,16)8-11)9-4-2-1-3-5-9/h1-6,13-16H,7-8H2. The number of hydrogen-bond donors (Lipinski definition) is 4. The summed E-state index contributed by atoms with van der Waals surface area (Å²) in [5, 5.41) is 38.3. The van der Waals surface area contributed by atoms with Gasteiger partial charge in [-0.25, -0.2) is 0 Å². The van der Waals surface area contributed by atoms with Gasteiger partial charge in [-0.2, -0.15) is 0 Å². The lowest BCUT2D eigenvalue weighted by molar-refractivity contribution is -0.234. The highest BCUT2D eigenvalue weighted by Crippen LogP contribution is 2.37. The van der Waals surface area contributed by atoms with Gasteiger partial charge in [0.1, 0.15) is 0 Å². The molecule has 0 radical (unpaired) electrons. The molecule has 2 rings (SSSR count). The van der Waals surface area contributed by atoms with E-state index < -0.39 is 18.0 Å². The first-order chi connectivity index (χ1) is 7.41. The number of hydrogen-bond acceptors (Lipinski definition) is 4. The molecule has 0 bridgehead atoms. The van der Waals surface area contributed by atoms with Crippen molar-refractivity contribution in [2.45, 2.75) is 24.4 Å². The van der Waals surface area contributed by atoms with Gasteiger partial charge in [0.25, 0.3) is 0 Å². The summed E-state index contributed by atoms with van der Waals surface area (Å²) in [4.78, 5) is 0. The Balaban J connectivity index is 2.39. The Morgan fingerprint density at radius 1 is 0.938 bits per heavy atom. The molecular formula is C12H14O4. The van der Waals surface area contributed by atoms with Crippen LogP contribution in [0.15, 0.2) is 36.4 Å². The first-order valence-corrected chi connectivity index (χ1v) is 5.06. The molecule has 0 saturated carbocycles. The van der Waals surface area contributed by atoms with Crippen LogP contribution in [0.2, 0.25) is 0 Å². The molecule has 4 nitrogen and oxygen atoms in total. The van der Waals surface area contributed by atoms with E-state index in [1.54, 1.807) is 24.3 Å². The van der Waals surface area contributed by atoms with Crippen LogP contribution in [0.4, 0.5) is 0 Å². The van der Waals surface area contributed by atoms with Gasteiger partial charge < -0.3 is 20.4 Å². The summed E-state index contributed by atoms with van der Waals surface area (Å²) in [5.41, 5.74) is 0.981. The van der Waals surface area contributed by atoms with E-state index in [1.165, 1.54) is 6.08 Å². The molecule has 0 aliphatic heterocycles. The Kier molecular flexibility index (Phi) is 2.59. The van der Waals surface area contributed by atoms with Crippen LogP contribution in [0.1, 0.15) is 18.4 Å². The van der Waals surface area contributed by atoms with Crippen LogP contribution in [0.5, 0.6) is 0 Å². The summed E-state index contributed by atoms with van der Waals surface area (Å²) in [5.74, 6) is -4.26. The second-order valence-electron chi connectivity index (χ2n) is 4.16. The van der Waals surface area contributed by atoms with Gasteiger partial charge in [0, 0.05) is 12.0 Å². The smallest absolute Gasteiger partial charge is 0.195 e. The fraction of sp³-hybridized carbons (Fsp3) is 0.333. The Hall–Kier alpha value is -1.20. The van der Waals surface area contributed by atoms with Gasteiger partial charge in [-0.05, 0) is 5.56 Å². The van der Waals surface area contributed by atoms with Crippen molar-refractivity contribution in [3.05, 3.63) is 42.0 Å². The zero-order chi connectivity index (χ0) is 11.8. The summed E-state index contributed by atoms with van der Waals surface area (Å²) >= 11 is 0. The van der Waals surface area contributed by atoms with Gasteiger partial charge in [0.2, 0.25) is 0 Å². The van der Waals surface area contributed by atoms with Crippen molar-refractivity contribution in [1.29, 1.82) is 0 Å². The molecule has 16 heavy (non-hydrogen) atoms. The zero-order valence-electron chi connectivity index (χ0n) is 8.67. The highest BCUT2D eigenvalue weighted by molar-refractivity contribution is 5.71. The summed E-state index contributed by atoms with van der Waals surface area (Å²) < 4.78 is 0. The third-order valence-corrected chi connectivity index (χ3v) is 2.68. The van der Waals surface area contributed by atoms with E-state index in [-0.39, 0.29) is 6.42 Å². The summed E-state index contributed by atoms with van der Waals surface area (Å²) in [6, 6.07) is 8.88. The maximum atomic E-state index is 9.79. The molecular weight excluding hydrogens is 208 g/mol. The van der Waals surface area contributed by atoms with E-state index in [9.17, 15) is 20.4 Å². The monoisotopic (exact) mass is 222 g/mol. The van der Waals surface area contributed by atoms with Gasteiger partial charge in [-0.1, -0.05) is 36.4 Å². The molecule has 0 unspecified atom stereocenters. The average molecular weight is 222 g/mol. The molecule has 1 aliphatic rings. The molecule has 1 aromatic carbocycles. The lowest BCUT2D eigenvalue weighted by Gasteiger charge is -2.36. The molecule has 1 aliphatic carbocycles. The van der Waals surface area contributed by atoms with Crippen molar-refractivity contribution in [3.8, 4) is 0 Å². The predicted molar refractivity (Wildman–Crippen MR) is 58.0 cm³/mol. The molecule has 4 heteroatoms. The average Bonchev–Trinajstić information content (AvgIpc) is 2.16. The van der Waals surface area contributed by atoms with Gasteiger partial charge in [-0.15, -0.1) is 0 Å². The van der Waals surface area contributed by atoms with E-state index in [2.05, 4.69) is 0 Å². The van der Waals surface area contributed by atoms with E-state index in [1.807, 2.05) is 6.07 Å². The van der Waals surface area contributed by atoms with E-state index in [0.29, 0.717) is 11.1 Å². The first-order valence-electron chi connectivity index (χ1n) is 5.06. The molecule has 0 spiro atoms. The van der Waals surface area contributed by atoms with Gasteiger partial charge >= 0.3 is 0 Å². The van der Waals surface area contributed by atoms with Gasteiger partial charge in [0.15, 0.2) is 11.6 Å². The SMILES string of the molecule is OC1(O)CC=C(c2ccccc2)C(O)(O)C1. The fourth-order valence-electron chi connectivity index (χ4n) is 1.96. The molecule has 0 fully saturated rings. The fourth-order valence-corrected chi connectivity index (χ4v) is 1.96. The highest BCUT2D eigenvalue weighted by Gasteiger charge is 2.42. The maximum Gasteiger partial charge on any atom is 0.195 e.